The molecule has 0 unspecified atom stereocenters. The summed E-state index contributed by atoms with van der Waals surface area (Å²) < 4.78 is 13.1. The van der Waals surface area contributed by atoms with E-state index in [9.17, 15) is 0 Å². The largest absolute Gasteiger partial charge is 0.455 e. The Labute approximate surface area is 297 Å². The molecule has 52 heavy (non-hydrogen) atoms. The number of fused-ring (bicyclic) bond motifs is 9. The Morgan fingerprint density at radius 1 is 0.327 bits per heavy atom. The maximum absolute atomic E-state index is 6.62. The van der Waals surface area contributed by atoms with E-state index in [2.05, 4.69) is 97.1 Å². The molecule has 3 aromatic heterocycles. The monoisotopic (exact) mass is 665 g/mol. The topological polar surface area (TPSA) is 65.0 Å². The number of para-hydroxylation sites is 3. The van der Waals surface area contributed by atoms with E-state index in [1.165, 1.54) is 10.8 Å². The van der Waals surface area contributed by atoms with Crippen LogP contribution in [0.1, 0.15) is 0 Å². The molecule has 5 heteroatoms. The third-order valence-electron chi connectivity index (χ3n) is 10.1. The summed E-state index contributed by atoms with van der Waals surface area (Å²) in [7, 11) is 0. The second-order valence-corrected chi connectivity index (χ2v) is 13.1. The van der Waals surface area contributed by atoms with E-state index in [-0.39, 0.29) is 0 Å². The SMILES string of the molecule is c1ccc(-c2ccc(-c3nc(-c4ccc5ccc6ccccc6c5c4)nc(-c4cccc5c4oc4ccccc45)n3)c3c2oc2ccccc23)cc1. The van der Waals surface area contributed by atoms with Crippen LogP contribution in [0, 0.1) is 0 Å². The zero-order chi connectivity index (χ0) is 34.2. The summed E-state index contributed by atoms with van der Waals surface area (Å²) in [5, 5.41) is 8.72. The van der Waals surface area contributed by atoms with Gasteiger partial charge in [-0.3, -0.25) is 0 Å². The molecule has 0 bridgehead atoms. The second-order valence-electron chi connectivity index (χ2n) is 13.1. The van der Waals surface area contributed by atoms with Crippen molar-refractivity contribution in [2.45, 2.75) is 0 Å². The molecule has 0 spiro atoms. The summed E-state index contributed by atoms with van der Waals surface area (Å²) in [6.45, 7) is 0. The van der Waals surface area contributed by atoms with Gasteiger partial charge in [-0.1, -0.05) is 127 Å². The number of nitrogens with zero attached hydrogens (tertiary/aromatic N) is 3. The number of aromatic nitrogens is 3. The molecule has 3 heterocycles. The zero-order valence-corrected chi connectivity index (χ0v) is 27.7. The Morgan fingerprint density at radius 3 is 1.77 bits per heavy atom. The standard InChI is InChI=1S/C47H27N3O2/c1-2-11-28(12-3-1)33-25-26-37(42-36-16-7-9-20-41(36)52-44(33)42)46-48-45(31-24-23-30-22-21-29-13-4-5-14-32(29)39(30)27-31)49-47(50-46)38-18-10-17-35-34-15-6-8-19-40(34)51-43(35)38/h1-27H. The van der Waals surface area contributed by atoms with Gasteiger partial charge in [0.05, 0.1) is 5.56 Å². The van der Waals surface area contributed by atoms with Crippen LogP contribution in [0.15, 0.2) is 173 Å². The molecule has 0 fully saturated rings. The highest BCUT2D eigenvalue weighted by atomic mass is 16.3. The molecule has 0 amide bonds. The van der Waals surface area contributed by atoms with Gasteiger partial charge in [0.1, 0.15) is 22.3 Å². The van der Waals surface area contributed by atoms with Crippen molar-refractivity contribution in [2.75, 3.05) is 0 Å². The Morgan fingerprint density at radius 2 is 0.923 bits per heavy atom. The van der Waals surface area contributed by atoms with Gasteiger partial charge in [0.15, 0.2) is 17.5 Å². The number of hydrogen-bond acceptors (Lipinski definition) is 5. The van der Waals surface area contributed by atoms with E-state index in [1.54, 1.807) is 0 Å². The lowest BCUT2D eigenvalue weighted by atomic mass is 9.98. The summed E-state index contributed by atoms with van der Waals surface area (Å²) in [4.78, 5) is 15.7. The molecule has 8 aromatic carbocycles. The van der Waals surface area contributed by atoms with Gasteiger partial charge in [0, 0.05) is 38.2 Å². The molecule has 11 rings (SSSR count). The first-order valence-electron chi connectivity index (χ1n) is 17.4. The maximum Gasteiger partial charge on any atom is 0.167 e. The van der Waals surface area contributed by atoms with Crippen molar-refractivity contribution in [3.63, 3.8) is 0 Å². The van der Waals surface area contributed by atoms with Crippen molar-refractivity contribution in [2.24, 2.45) is 0 Å². The molecule has 0 aliphatic carbocycles. The molecule has 0 N–H and O–H groups in total. The lowest BCUT2D eigenvalue weighted by Crippen LogP contribution is -2.01. The van der Waals surface area contributed by atoms with Gasteiger partial charge in [0.25, 0.3) is 0 Å². The summed E-state index contributed by atoms with van der Waals surface area (Å²) in [5.74, 6) is 1.68. The Balaban J connectivity index is 1.21. The van der Waals surface area contributed by atoms with Crippen LogP contribution in [0.2, 0.25) is 0 Å². The normalized spacial score (nSPS) is 11.8. The molecule has 0 saturated carbocycles. The predicted octanol–water partition coefficient (Wildman–Crippen LogP) is 12.6. The summed E-state index contributed by atoms with van der Waals surface area (Å²) in [6, 6.07) is 56.3. The van der Waals surface area contributed by atoms with Crippen LogP contribution in [0.4, 0.5) is 0 Å². The quantitative estimate of drug-likeness (QED) is 0.175. The van der Waals surface area contributed by atoms with E-state index >= 15 is 0 Å². The minimum Gasteiger partial charge on any atom is -0.455 e. The predicted molar refractivity (Wildman–Crippen MR) is 211 cm³/mol. The molecule has 11 aromatic rings. The summed E-state index contributed by atoms with van der Waals surface area (Å²) >= 11 is 0. The van der Waals surface area contributed by atoms with Crippen LogP contribution in [0.5, 0.6) is 0 Å². The third-order valence-corrected chi connectivity index (χ3v) is 10.1. The van der Waals surface area contributed by atoms with E-state index in [0.29, 0.717) is 17.5 Å². The molecular formula is C47H27N3O2. The second kappa shape index (κ2) is 11.2. The van der Waals surface area contributed by atoms with Gasteiger partial charge in [-0.25, -0.2) is 15.0 Å². The fourth-order valence-corrected chi connectivity index (χ4v) is 7.67. The number of hydrogen-bond donors (Lipinski definition) is 0. The van der Waals surface area contributed by atoms with E-state index in [4.69, 9.17) is 23.8 Å². The van der Waals surface area contributed by atoms with Gasteiger partial charge in [-0.05, 0) is 63.5 Å². The average molecular weight is 666 g/mol. The summed E-state index contributed by atoms with van der Waals surface area (Å²) in [6.07, 6.45) is 0. The molecule has 242 valence electrons. The van der Waals surface area contributed by atoms with Crippen molar-refractivity contribution >= 4 is 65.4 Å². The minimum atomic E-state index is 0.538. The van der Waals surface area contributed by atoms with Crippen molar-refractivity contribution < 1.29 is 8.83 Å². The minimum absolute atomic E-state index is 0.538. The molecule has 0 atom stereocenters. The van der Waals surface area contributed by atoms with Crippen LogP contribution in [0.25, 0.3) is 111 Å². The molecular weight excluding hydrogens is 639 g/mol. The molecule has 0 saturated heterocycles. The Hall–Kier alpha value is -7.11. The van der Waals surface area contributed by atoms with Gasteiger partial charge in [0.2, 0.25) is 0 Å². The van der Waals surface area contributed by atoms with Crippen LogP contribution in [-0.2, 0) is 0 Å². The number of benzene rings is 8. The van der Waals surface area contributed by atoms with Gasteiger partial charge >= 0.3 is 0 Å². The van der Waals surface area contributed by atoms with Crippen LogP contribution < -0.4 is 0 Å². The van der Waals surface area contributed by atoms with Crippen molar-refractivity contribution in [3.05, 3.63) is 164 Å². The van der Waals surface area contributed by atoms with Crippen molar-refractivity contribution in [1.82, 2.24) is 15.0 Å². The highest BCUT2D eigenvalue weighted by molar-refractivity contribution is 6.16. The van der Waals surface area contributed by atoms with Crippen LogP contribution in [0.3, 0.4) is 0 Å². The summed E-state index contributed by atoms with van der Waals surface area (Å²) in [5.41, 5.74) is 7.84. The zero-order valence-electron chi connectivity index (χ0n) is 27.7. The van der Waals surface area contributed by atoms with Gasteiger partial charge in [-0.2, -0.15) is 0 Å². The third kappa shape index (κ3) is 4.39. The van der Waals surface area contributed by atoms with E-state index < -0.39 is 0 Å². The van der Waals surface area contributed by atoms with Gasteiger partial charge < -0.3 is 8.83 Å². The lowest BCUT2D eigenvalue weighted by molar-refractivity contribution is 0.669. The number of furan rings is 2. The van der Waals surface area contributed by atoms with E-state index in [1.807, 2.05) is 66.7 Å². The van der Waals surface area contributed by atoms with E-state index in [0.717, 1.165) is 82.5 Å². The fourth-order valence-electron chi connectivity index (χ4n) is 7.67. The molecule has 5 nitrogen and oxygen atoms in total. The molecule has 0 aliphatic heterocycles. The smallest absolute Gasteiger partial charge is 0.167 e. The first-order valence-corrected chi connectivity index (χ1v) is 17.4. The lowest BCUT2D eigenvalue weighted by Gasteiger charge is -2.12. The number of rotatable bonds is 4. The van der Waals surface area contributed by atoms with Crippen molar-refractivity contribution in [3.8, 4) is 45.3 Å². The van der Waals surface area contributed by atoms with Crippen molar-refractivity contribution in [1.29, 1.82) is 0 Å². The fraction of sp³-hybridized carbons (Fsp3) is 0. The maximum atomic E-state index is 6.62. The van der Waals surface area contributed by atoms with Crippen LogP contribution >= 0.6 is 0 Å². The first-order chi connectivity index (χ1) is 25.8. The Kier molecular flexibility index (Phi) is 6.18. The Bertz CT molecular complexity index is 3190. The molecule has 0 aliphatic rings. The highest BCUT2D eigenvalue weighted by Crippen LogP contribution is 2.42. The average Bonchev–Trinajstić information content (AvgIpc) is 3.80. The van der Waals surface area contributed by atoms with Gasteiger partial charge in [-0.15, -0.1) is 0 Å². The van der Waals surface area contributed by atoms with Crippen LogP contribution in [-0.4, -0.2) is 15.0 Å². The highest BCUT2D eigenvalue weighted by Gasteiger charge is 2.22. The molecule has 0 radical (unpaired) electrons. The first kappa shape index (κ1) is 28.7.